The molecule has 0 spiro atoms. The van der Waals surface area contributed by atoms with E-state index in [0.717, 1.165) is 41.9 Å². The van der Waals surface area contributed by atoms with Crippen molar-refractivity contribution in [1.82, 2.24) is 9.80 Å². The maximum absolute atomic E-state index is 12.7. The Morgan fingerprint density at radius 1 is 0.933 bits per heavy atom. The van der Waals surface area contributed by atoms with Crippen molar-refractivity contribution in [3.63, 3.8) is 0 Å². The van der Waals surface area contributed by atoms with Crippen LogP contribution in [0.15, 0.2) is 29.8 Å². The average molecular weight is 412 g/mol. The molecule has 4 amide bonds. The van der Waals surface area contributed by atoms with E-state index >= 15 is 0 Å². The van der Waals surface area contributed by atoms with Crippen molar-refractivity contribution in [2.75, 3.05) is 26.3 Å². The number of urea groups is 1. The van der Waals surface area contributed by atoms with Gasteiger partial charge >= 0.3 is 17.8 Å². The number of carbonyl (C=O) groups excluding carboxylic acids is 4. The van der Waals surface area contributed by atoms with Gasteiger partial charge in [0.05, 0.1) is 19.8 Å². The summed E-state index contributed by atoms with van der Waals surface area (Å²) < 4.78 is 11.1. The highest BCUT2D eigenvalue weighted by Gasteiger charge is 2.45. The van der Waals surface area contributed by atoms with Gasteiger partial charge in [-0.1, -0.05) is 11.6 Å². The van der Waals surface area contributed by atoms with E-state index in [0.29, 0.717) is 31.1 Å². The van der Waals surface area contributed by atoms with E-state index in [-0.39, 0.29) is 12.1 Å². The molecule has 1 aromatic carbocycles. The lowest BCUT2D eigenvalue weighted by molar-refractivity contribution is -0.143. The van der Waals surface area contributed by atoms with Crippen LogP contribution in [0.25, 0.3) is 0 Å². The number of allylic oxidation sites excluding steroid dienone is 1. The van der Waals surface area contributed by atoms with Gasteiger partial charge in [-0.3, -0.25) is 19.3 Å². The molecule has 1 saturated heterocycles. The summed E-state index contributed by atoms with van der Waals surface area (Å²) in [6.07, 6.45) is 7.66. The number of carbonyl (C=O) groups is 4. The van der Waals surface area contributed by atoms with Crippen LogP contribution in [-0.4, -0.2) is 59.7 Å². The van der Waals surface area contributed by atoms with E-state index in [1.165, 1.54) is 5.57 Å². The summed E-state index contributed by atoms with van der Waals surface area (Å²) >= 11 is 0. The molecule has 4 rings (SSSR count). The van der Waals surface area contributed by atoms with Crippen LogP contribution in [0, 0.1) is 0 Å². The van der Waals surface area contributed by atoms with Gasteiger partial charge in [0, 0.05) is 18.5 Å². The van der Waals surface area contributed by atoms with E-state index in [9.17, 15) is 19.2 Å². The Labute approximate surface area is 174 Å². The molecule has 0 unspecified atom stereocenters. The van der Waals surface area contributed by atoms with Gasteiger partial charge in [-0.15, -0.1) is 0 Å². The van der Waals surface area contributed by atoms with Gasteiger partial charge in [0.1, 0.15) is 0 Å². The number of fused-ring (bicyclic) bond motifs is 1. The van der Waals surface area contributed by atoms with Crippen LogP contribution in [-0.2, 0) is 9.59 Å². The summed E-state index contributed by atoms with van der Waals surface area (Å²) in [6, 6.07) is 4.01. The predicted molar refractivity (Wildman–Crippen MR) is 106 cm³/mol. The summed E-state index contributed by atoms with van der Waals surface area (Å²) in [5.41, 5.74) is 1.49. The van der Waals surface area contributed by atoms with Crippen LogP contribution in [0.1, 0.15) is 48.9 Å². The van der Waals surface area contributed by atoms with E-state index in [1.807, 2.05) is 0 Å². The maximum atomic E-state index is 12.7. The van der Waals surface area contributed by atoms with Gasteiger partial charge in [-0.25, -0.2) is 9.69 Å². The molecule has 0 radical (unpaired) electrons. The highest BCUT2D eigenvalue weighted by Crippen LogP contribution is 2.31. The fraction of sp³-hybridized carbons (Fsp3) is 0.455. The largest absolute Gasteiger partial charge is 0.490 e. The molecule has 158 valence electrons. The first-order valence-corrected chi connectivity index (χ1v) is 10.3. The minimum Gasteiger partial charge on any atom is -0.490 e. The Morgan fingerprint density at radius 2 is 1.70 bits per heavy atom. The number of benzene rings is 1. The molecule has 0 bridgehead atoms. The zero-order valence-electron chi connectivity index (χ0n) is 16.7. The Kier molecular flexibility index (Phi) is 5.83. The number of ketones is 1. The van der Waals surface area contributed by atoms with Gasteiger partial charge in [0.15, 0.2) is 17.3 Å². The fourth-order valence-electron chi connectivity index (χ4n) is 3.85. The van der Waals surface area contributed by atoms with Crippen LogP contribution in [0.5, 0.6) is 11.5 Å². The topological polar surface area (TPSA) is 93.2 Å². The quantitative estimate of drug-likeness (QED) is 0.309. The lowest BCUT2D eigenvalue weighted by Crippen LogP contribution is -2.37. The lowest BCUT2D eigenvalue weighted by atomic mass is 9.97. The third-order valence-electron chi connectivity index (χ3n) is 5.55. The second-order valence-corrected chi connectivity index (χ2v) is 7.62. The summed E-state index contributed by atoms with van der Waals surface area (Å²) in [7, 11) is 0. The van der Waals surface area contributed by atoms with Gasteiger partial charge in [-0.2, -0.15) is 0 Å². The number of imide groups is 2. The standard InChI is InChI=1S/C22H24N2O6/c25-17(16-7-8-18-19(13-16)30-12-4-11-29-18)14-24-21(27)20(26)23(22(24)28)10-9-15-5-2-1-3-6-15/h5,7-8,13H,1-4,6,9-12,14H2. The monoisotopic (exact) mass is 412 g/mol. The van der Waals surface area contributed by atoms with Crippen LogP contribution in [0.4, 0.5) is 4.79 Å². The summed E-state index contributed by atoms with van der Waals surface area (Å²) in [6.45, 7) is 0.686. The molecule has 2 aliphatic heterocycles. The van der Waals surface area contributed by atoms with Gasteiger partial charge in [0.25, 0.3) is 0 Å². The van der Waals surface area contributed by atoms with Crippen molar-refractivity contribution in [1.29, 1.82) is 0 Å². The second kappa shape index (κ2) is 8.69. The van der Waals surface area contributed by atoms with E-state index in [4.69, 9.17) is 9.47 Å². The summed E-state index contributed by atoms with van der Waals surface area (Å²) in [5, 5.41) is 0. The maximum Gasteiger partial charge on any atom is 0.334 e. The normalized spacial score (nSPS) is 19.1. The smallest absolute Gasteiger partial charge is 0.334 e. The highest BCUT2D eigenvalue weighted by molar-refractivity contribution is 6.45. The Hall–Kier alpha value is -3.16. The van der Waals surface area contributed by atoms with Crippen molar-refractivity contribution >= 4 is 23.6 Å². The minimum atomic E-state index is -0.958. The molecular formula is C22H24N2O6. The molecule has 8 heteroatoms. The molecule has 0 atom stereocenters. The van der Waals surface area contributed by atoms with Crippen molar-refractivity contribution in [3.8, 4) is 11.5 Å². The van der Waals surface area contributed by atoms with Crippen LogP contribution in [0.3, 0.4) is 0 Å². The third-order valence-corrected chi connectivity index (χ3v) is 5.55. The van der Waals surface area contributed by atoms with Crippen molar-refractivity contribution in [2.45, 2.75) is 38.5 Å². The molecule has 1 aromatic rings. The number of hydrogen-bond donors (Lipinski definition) is 0. The number of nitrogens with zero attached hydrogens (tertiary/aromatic N) is 2. The summed E-state index contributed by atoms with van der Waals surface area (Å²) in [5.74, 6) is -1.27. The van der Waals surface area contributed by atoms with Crippen molar-refractivity contribution < 1.29 is 28.7 Å². The number of rotatable bonds is 6. The molecule has 0 aromatic heterocycles. The molecule has 1 fully saturated rings. The first kappa shape index (κ1) is 20.1. The van der Waals surface area contributed by atoms with E-state index < -0.39 is 30.2 Å². The van der Waals surface area contributed by atoms with E-state index in [2.05, 4.69) is 6.08 Å². The Morgan fingerprint density at radius 3 is 2.47 bits per heavy atom. The van der Waals surface area contributed by atoms with Crippen LogP contribution < -0.4 is 9.47 Å². The number of ether oxygens (including phenoxy) is 2. The van der Waals surface area contributed by atoms with Crippen molar-refractivity contribution in [3.05, 3.63) is 35.4 Å². The Balaban J connectivity index is 1.42. The van der Waals surface area contributed by atoms with Crippen molar-refractivity contribution in [2.24, 2.45) is 0 Å². The molecule has 8 nitrogen and oxygen atoms in total. The Bertz CT molecular complexity index is 922. The van der Waals surface area contributed by atoms with E-state index in [1.54, 1.807) is 18.2 Å². The van der Waals surface area contributed by atoms with Crippen LogP contribution >= 0.6 is 0 Å². The second-order valence-electron chi connectivity index (χ2n) is 7.62. The molecule has 3 aliphatic rings. The minimum absolute atomic E-state index is 0.157. The zero-order chi connectivity index (χ0) is 21.1. The predicted octanol–water partition coefficient (Wildman–Crippen LogP) is 2.71. The van der Waals surface area contributed by atoms with Gasteiger partial charge in [0.2, 0.25) is 0 Å². The number of hydrogen-bond acceptors (Lipinski definition) is 6. The fourth-order valence-corrected chi connectivity index (χ4v) is 3.85. The molecule has 2 heterocycles. The molecule has 0 N–H and O–H groups in total. The highest BCUT2D eigenvalue weighted by atomic mass is 16.5. The van der Waals surface area contributed by atoms with Gasteiger partial charge in [-0.05, 0) is 50.3 Å². The zero-order valence-corrected chi connectivity index (χ0v) is 16.7. The number of amides is 4. The first-order valence-electron chi connectivity index (χ1n) is 10.3. The molecular weight excluding hydrogens is 388 g/mol. The average Bonchev–Trinajstić information content (AvgIpc) is 2.93. The number of Topliss-reactive ketones (excluding diaryl/α,β-unsaturated/α-hetero) is 1. The molecule has 30 heavy (non-hydrogen) atoms. The summed E-state index contributed by atoms with van der Waals surface area (Å²) in [4.78, 5) is 51.6. The lowest BCUT2D eigenvalue weighted by Gasteiger charge is -2.17. The third kappa shape index (κ3) is 4.08. The van der Waals surface area contributed by atoms with Gasteiger partial charge < -0.3 is 9.47 Å². The van der Waals surface area contributed by atoms with Crippen LogP contribution in [0.2, 0.25) is 0 Å². The first-order chi connectivity index (χ1) is 14.5. The molecule has 0 saturated carbocycles. The molecule has 1 aliphatic carbocycles. The SMILES string of the molecule is O=C(CN1C(=O)C(=O)N(CCC2=CCCCC2)C1=O)c1ccc2c(c1)OCCCO2.